The maximum Gasteiger partial charge on any atom is 0.318 e. The van der Waals surface area contributed by atoms with Crippen molar-refractivity contribution in [1.82, 2.24) is 19.8 Å². The summed E-state index contributed by atoms with van der Waals surface area (Å²) >= 11 is 6.69. The maximum atomic E-state index is 12.3. The van der Waals surface area contributed by atoms with Crippen molar-refractivity contribution in [3.05, 3.63) is 52.7 Å². The number of halogens is 1. The second-order valence-electron chi connectivity index (χ2n) is 11.3. The number of nitriles is 1. The number of hydrogen-bond donors (Lipinski definition) is 0. The number of nitrogens with zero attached hydrogens (tertiary/aromatic N) is 7. The lowest BCUT2D eigenvalue weighted by Gasteiger charge is -2.42. The Bertz CT molecular complexity index is 1490. The van der Waals surface area contributed by atoms with E-state index in [4.69, 9.17) is 26.3 Å². The zero-order valence-corrected chi connectivity index (χ0v) is 24.5. The maximum absolute atomic E-state index is 12.3. The van der Waals surface area contributed by atoms with E-state index in [9.17, 15) is 10.1 Å². The summed E-state index contributed by atoms with van der Waals surface area (Å²) in [6, 6.07) is 15.1. The Balaban J connectivity index is 1.34. The highest BCUT2D eigenvalue weighted by Crippen LogP contribution is 2.37. The monoisotopic (exact) mass is 573 g/mol. The van der Waals surface area contributed by atoms with Gasteiger partial charge in [-0.2, -0.15) is 15.2 Å². The molecule has 9 nitrogen and oxygen atoms in total. The zero-order valence-electron chi connectivity index (χ0n) is 23.7. The number of hydrogen-bond acceptors (Lipinski definition) is 8. The summed E-state index contributed by atoms with van der Waals surface area (Å²) in [5.41, 5.74) is 3.16. The lowest BCUT2D eigenvalue weighted by Crippen LogP contribution is -2.55. The standard InChI is InChI=1S/C31H36ClN7O2/c1-21(40)39-17-16-38(18-23(39)11-13-33)30-25-12-15-37(28-10-4-7-22-6-3-9-26(32)29(22)28)19-27(25)34-31(35-30)41-20-24-8-5-14-36(24)2/h3-4,6-7,9-10,23-24H,5,8,11-12,14-20H2,1-2H3/t23-,24-/m0/s1. The third-order valence-electron chi connectivity index (χ3n) is 8.79. The number of piperazine rings is 1. The molecule has 3 aliphatic heterocycles. The molecule has 0 spiro atoms. The van der Waals surface area contributed by atoms with Gasteiger partial charge in [-0.15, -0.1) is 0 Å². The Morgan fingerprint density at radius 3 is 2.68 bits per heavy atom. The quantitative estimate of drug-likeness (QED) is 0.432. The molecule has 0 bridgehead atoms. The number of carbonyl (C=O) groups excluding carboxylic acids is 1. The van der Waals surface area contributed by atoms with E-state index in [0.29, 0.717) is 44.8 Å². The summed E-state index contributed by atoms with van der Waals surface area (Å²) < 4.78 is 6.27. The molecular formula is C31H36ClN7O2. The third kappa shape index (κ3) is 5.51. The van der Waals surface area contributed by atoms with E-state index in [-0.39, 0.29) is 18.4 Å². The van der Waals surface area contributed by atoms with Crippen LogP contribution in [0.1, 0.15) is 37.4 Å². The first kappa shape index (κ1) is 27.6. The van der Waals surface area contributed by atoms with Crippen LogP contribution in [0.3, 0.4) is 0 Å². The number of fused-ring (bicyclic) bond motifs is 2. The number of benzene rings is 2. The van der Waals surface area contributed by atoms with Crippen LogP contribution in [0.4, 0.5) is 11.5 Å². The number of likely N-dealkylation sites (tertiary alicyclic amines) is 1. The molecule has 41 heavy (non-hydrogen) atoms. The molecular weight excluding hydrogens is 538 g/mol. The van der Waals surface area contributed by atoms with Crippen molar-refractivity contribution >= 4 is 39.8 Å². The Labute approximate surface area is 246 Å². The molecule has 10 heteroatoms. The molecule has 2 atom stereocenters. The number of aromatic nitrogens is 2. The van der Waals surface area contributed by atoms with Crippen molar-refractivity contribution in [2.45, 2.75) is 51.2 Å². The lowest BCUT2D eigenvalue weighted by molar-refractivity contribution is -0.131. The average molecular weight is 574 g/mol. The van der Waals surface area contributed by atoms with Crippen LogP contribution in [0.5, 0.6) is 6.01 Å². The fourth-order valence-electron chi connectivity index (χ4n) is 6.56. The van der Waals surface area contributed by atoms with Gasteiger partial charge in [0.2, 0.25) is 5.91 Å². The van der Waals surface area contributed by atoms with Crippen LogP contribution in [0.15, 0.2) is 36.4 Å². The third-order valence-corrected chi connectivity index (χ3v) is 9.10. The highest BCUT2D eigenvalue weighted by molar-refractivity contribution is 6.36. The van der Waals surface area contributed by atoms with E-state index in [2.05, 4.69) is 52.1 Å². The van der Waals surface area contributed by atoms with Crippen molar-refractivity contribution in [1.29, 1.82) is 5.26 Å². The van der Waals surface area contributed by atoms with Crippen molar-refractivity contribution in [2.75, 3.05) is 56.2 Å². The minimum absolute atomic E-state index is 0.00344. The van der Waals surface area contributed by atoms with Crippen LogP contribution in [0.25, 0.3) is 10.8 Å². The fourth-order valence-corrected chi connectivity index (χ4v) is 6.84. The van der Waals surface area contributed by atoms with Gasteiger partial charge in [0.05, 0.1) is 35.8 Å². The molecule has 4 heterocycles. The lowest BCUT2D eigenvalue weighted by atomic mass is 10.0. The SMILES string of the molecule is CC(=O)N1CCN(c2nc(OC[C@@H]3CCCN3C)nc3c2CCN(c2cccc4cccc(Cl)c24)C3)C[C@@H]1CC#N. The number of amides is 1. The van der Waals surface area contributed by atoms with Crippen LogP contribution in [-0.4, -0.2) is 84.1 Å². The largest absolute Gasteiger partial charge is 0.462 e. The molecule has 0 aliphatic carbocycles. The summed E-state index contributed by atoms with van der Waals surface area (Å²) in [5.74, 6) is 0.871. The molecule has 6 rings (SSSR count). The molecule has 3 aromatic rings. The van der Waals surface area contributed by atoms with Crippen molar-refractivity contribution in [3.8, 4) is 12.1 Å². The predicted molar refractivity (Wildman–Crippen MR) is 161 cm³/mol. The van der Waals surface area contributed by atoms with Crippen molar-refractivity contribution in [2.24, 2.45) is 0 Å². The summed E-state index contributed by atoms with van der Waals surface area (Å²) in [6.45, 7) is 6.39. The molecule has 2 aromatic carbocycles. The van der Waals surface area contributed by atoms with Crippen LogP contribution in [0.2, 0.25) is 5.02 Å². The Morgan fingerprint density at radius 2 is 1.93 bits per heavy atom. The summed E-state index contributed by atoms with van der Waals surface area (Å²) in [6.07, 6.45) is 3.33. The van der Waals surface area contributed by atoms with Crippen LogP contribution in [0, 0.1) is 11.3 Å². The van der Waals surface area contributed by atoms with E-state index < -0.39 is 0 Å². The second kappa shape index (κ2) is 11.7. The van der Waals surface area contributed by atoms with Crippen LogP contribution < -0.4 is 14.5 Å². The van der Waals surface area contributed by atoms with Gasteiger partial charge in [-0.05, 0) is 50.4 Å². The first-order chi connectivity index (χ1) is 19.9. The normalized spacial score (nSPS) is 21.2. The average Bonchev–Trinajstić information content (AvgIpc) is 3.39. The Morgan fingerprint density at radius 1 is 1.10 bits per heavy atom. The van der Waals surface area contributed by atoms with E-state index in [1.807, 2.05) is 17.0 Å². The number of anilines is 2. The fraction of sp³-hybridized carbons (Fsp3) is 0.484. The second-order valence-corrected chi connectivity index (χ2v) is 11.7. The van der Waals surface area contributed by atoms with Gasteiger partial charge in [0.25, 0.3) is 0 Å². The molecule has 1 amide bonds. The van der Waals surface area contributed by atoms with Gasteiger partial charge in [0.15, 0.2) is 0 Å². The molecule has 1 aromatic heterocycles. The Hall–Kier alpha value is -3.61. The van der Waals surface area contributed by atoms with Crippen molar-refractivity contribution < 1.29 is 9.53 Å². The van der Waals surface area contributed by atoms with Crippen molar-refractivity contribution in [3.63, 3.8) is 0 Å². The van der Waals surface area contributed by atoms with Crippen LogP contribution >= 0.6 is 11.6 Å². The molecule has 0 N–H and O–H groups in total. The van der Waals surface area contributed by atoms with Gasteiger partial charge in [0.1, 0.15) is 12.4 Å². The van der Waals surface area contributed by atoms with E-state index in [0.717, 1.165) is 64.5 Å². The van der Waals surface area contributed by atoms with Gasteiger partial charge in [-0.25, -0.2) is 0 Å². The van der Waals surface area contributed by atoms with E-state index >= 15 is 0 Å². The topological polar surface area (TPSA) is 88.8 Å². The molecule has 0 unspecified atom stereocenters. The molecule has 2 fully saturated rings. The molecule has 2 saturated heterocycles. The highest BCUT2D eigenvalue weighted by atomic mass is 35.5. The van der Waals surface area contributed by atoms with Gasteiger partial charge in [-0.3, -0.25) is 4.79 Å². The number of rotatable bonds is 6. The van der Waals surface area contributed by atoms with Gasteiger partial charge >= 0.3 is 6.01 Å². The number of likely N-dealkylation sites (N-methyl/N-ethyl adjacent to an activating group) is 1. The smallest absolute Gasteiger partial charge is 0.318 e. The zero-order chi connectivity index (χ0) is 28.5. The number of ether oxygens (including phenoxy) is 1. The van der Waals surface area contributed by atoms with Gasteiger partial charge < -0.3 is 24.3 Å². The van der Waals surface area contributed by atoms with Gasteiger partial charge in [-0.1, -0.05) is 35.9 Å². The highest BCUT2D eigenvalue weighted by Gasteiger charge is 2.33. The van der Waals surface area contributed by atoms with E-state index in [1.54, 1.807) is 6.92 Å². The first-order valence-electron chi connectivity index (χ1n) is 14.5. The first-order valence-corrected chi connectivity index (χ1v) is 14.8. The van der Waals surface area contributed by atoms with E-state index in [1.165, 1.54) is 6.42 Å². The summed E-state index contributed by atoms with van der Waals surface area (Å²) in [5, 5.41) is 12.4. The molecule has 0 radical (unpaired) electrons. The minimum Gasteiger partial charge on any atom is -0.462 e. The summed E-state index contributed by atoms with van der Waals surface area (Å²) in [7, 11) is 2.14. The molecule has 3 aliphatic rings. The molecule has 0 saturated carbocycles. The minimum atomic E-state index is -0.175. The molecule has 214 valence electrons. The predicted octanol–water partition coefficient (Wildman–Crippen LogP) is 4.27. The van der Waals surface area contributed by atoms with Gasteiger partial charge in [0, 0.05) is 55.8 Å². The summed E-state index contributed by atoms with van der Waals surface area (Å²) in [4.78, 5) is 30.9. The Kier molecular flexibility index (Phi) is 7.87. The number of carbonyl (C=O) groups is 1. The van der Waals surface area contributed by atoms with Crippen LogP contribution in [-0.2, 0) is 17.8 Å².